The summed E-state index contributed by atoms with van der Waals surface area (Å²) in [5.74, 6) is -0.552. The first-order valence-electron chi connectivity index (χ1n) is 5.50. The fraction of sp³-hybridized carbons (Fsp3) is 0.385. The Morgan fingerprint density at radius 2 is 1.72 bits per heavy atom. The molecule has 5 heteroatoms. The molecule has 0 unspecified atom stereocenters. The molecule has 0 saturated heterocycles. The molecule has 0 aliphatic heterocycles. The van der Waals surface area contributed by atoms with Crippen LogP contribution in [0.1, 0.15) is 21.5 Å². The highest BCUT2D eigenvalue weighted by Gasteiger charge is 2.12. The predicted octanol–water partition coefficient (Wildman–Crippen LogP) is 1.47. The van der Waals surface area contributed by atoms with E-state index in [0.717, 1.165) is 0 Å². The third kappa shape index (κ3) is 3.23. The number of carbonyl (C=O) groups is 2. The summed E-state index contributed by atoms with van der Waals surface area (Å²) in [6.07, 6.45) is 0. The third-order valence-corrected chi connectivity index (χ3v) is 2.55. The number of aromatic carboxylic acids is 1. The summed E-state index contributed by atoms with van der Waals surface area (Å²) in [4.78, 5) is 23.7. The van der Waals surface area contributed by atoms with Crippen LogP contribution in [-0.2, 0) is 4.79 Å². The normalized spacial score (nSPS) is 10.0. The summed E-state index contributed by atoms with van der Waals surface area (Å²) in [5, 5.41) is 8.91. The van der Waals surface area contributed by atoms with Crippen molar-refractivity contribution in [3.63, 3.8) is 0 Å². The number of carboxylic acids is 1. The maximum Gasteiger partial charge on any atom is 0.335 e. The van der Waals surface area contributed by atoms with Crippen molar-refractivity contribution in [2.75, 3.05) is 20.7 Å². The van der Waals surface area contributed by atoms with Gasteiger partial charge in [-0.05, 0) is 37.1 Å². The molecule has 98 valence electrons. The lowest BCUT2D eigenvalue weighted by Gasteiger charge is -2.15. The van der Waals surface area contributed by atoms with E-state index < -0.39 is 5.97 Å². The van der Waals surface area contributed by atoms with Crippen LogP contribution in [0.3, 0.4) is 0 Å². The number of likely N-dealkylation sites (N-methyl/N-ethyl adjacent to an activating group) is 1. The van der Waals surface area contributed by atoms with E-state index in [4.69, 9.17) is 9.84 Å². The maximum atomic E-state index is 11.4. The van der Waals surface area contributed by atoms with Crippen LogP contribution in [0.4, 0.5) is 0 Å². The first-order chi connectivity index (χ1) is 8.32. The Hall–Kier alpha value is -2.04. The number of aryl methyl sites for hydroxylation is 2. The molecule has 0 aliphatic carbocycles. The molecule has 0 aliphatic rings. The van der Waals surface area contributed by atoms with E-state index in [-0.39, 0.29) is 18.1 Å². The van der Waals surface area contributed by atoms with E-state index in [9.17, 15) is 9.59 Å². The molecule has 0 heterocycles. The number of rotatable bonds is 4. The van der Waals surface area contributed by atoms with E-state index in [2.05, 4.69) is 0 Å². The highest BCUT2D eigenvalue weighted by atomic mass is 16.5. The molecule has 0 aromatic heterocycles. The molecule has 1 rings (SSSR count). The Kier molecular flexibility index (Phi) is 4.31. The van der Waals surface area contributed by atoms with Crippen molar-refractivity contribution in [2.45, 2.75) is 13.8 Å². The standard InChI is InChI=1S/C13H17NO4/c1-8-5-10(13(16)17)6-9(2)12(8)18-7-11(15)14(3)4/h5-6H,7H2,1-4H3,(H,16,17). The topological polar surface area (TPSA) is 66.8 Å². The van der Waals surface area contributed by atoms with Gasteiger partial charge < -0.3 is 14.7 Å². The molecule has 1 amide bonds. The number of hydrogen-bond donors (Lipinski definition) is 1. The van der Waals surface area contributed by atoms with Gasteiger partial charge in [0.1, 0.15) is 5.75 Å². The summed E-state index contributed by atoms with van der Waals surface area (Å²) in [6.45, 7) is 3.46. The largest absolute Gasteiger partial charge is 0.483 e. The van der Waals surface area contributed by atoms with Crippen molar-refractivity contribution >= 4 is 11.9 Å². The van der Waals surface area contributed by atoms with Crippen LogP contribution in [0.15, 0.2) is 12.1 Å². The highest BCUT2D eigenvalue weighted by molar-refractivity contribution is 5.88. The van der Waals surface area contributed by atoms with Crippen LogP contribution >= 0.6 is 0 Å². The lowest BCUT2D eigenvalue weighted by atomic mass is 10.1. The molecule has 0 atom stereocenters. The minimum absolute atomic E-state index is 0.0545. The molecule has 0 fully saturated rings. The Bertz CT molecular complexity index is 457. The Labute approximate surface area is 106 Å². The van der Waals surface area contributed by atoms with Gasteiger partial charge in [-0.25, -0.2) is 4.79 Å². The number of ether oxygens (including phenoxy) is 1. The van der Waals surface area contributed by atoms with Crippen LogP contribution in [0.2, 0.25) is 0 Å². The summed E-state index contributed by atoms with van der Waals surface area (Å²) in [6, 6.07) is 3.07. The molecule has 18 heavy (non-hydrogen) atoms. The molecule has 1 aromatic carbocycles. The minimum Gasteiger partial charge on any atom is -0.483 e. The van der Waals surface area contributed by atoms with Crippen LogP contribution in [-0.4, -0.2) is 42.6 Å². The number of hydrogen-bond acceptors (Lipinski definition) is 3. The first-order valence-corrected chi connectivity index (χ1v) is 5.50. The van der Waals surface area contributed by atoms with Gasteiger partial charge in [-0.3, -0.25) is 4.79 Å². The van der Waals surface area contributed by atoms with Gasteiger partial charge in [-0.1, -0.05) is 0 Å². The Morgan fingerprint density at radius 1 is 1.22 bits per heavy atom. The van der Waals surface area contributed by atoms with Gasteiger partial charge in [0.25, 0.3) is 5.91 Å². The third-order valence-electron chi connectivity index (χ3n) is 2.55. The molecule has 5 nitrogen and oxygen atoms in total. The second-order valence-electron chi connectivity index (χ2n) is 4.32. The molecule has 1 N–H and O–H groups in total. The molecule has 0 bridgehead atoms. The summed E-state index contributed by atoms with van der Waals surface area (Å²) < 4.78 is 5.44. The monoisotopic (exact) mass is 251 g/mol. The summed E-state index contributed by atoms with van der Waals surface area (Å²) in [5.41, 5.74) is 1.63. The quantitative estimate of drug-likeness (QED) is 0.880. The van der Waals surface area contributed by atoms with Crippen molar-refractivity contribution in [3.8, 4) is 5.75 Å². The minimum atomic E-state index is -0.975. The fourth-order valence-electron chi connectivity index (χ4n) is 1.56. The summed E-state index contributed by atoms with van der Waals surface area (Å²) in [7, 11) is 3.30. The lowest BCUT2D eigenvalue weighted by Crippen LogP contribution is -2.27. The highest BCUT2D eigenvalue weighted by Crippen LogP contribution is 2.24. The Morgan fingerprint density at radius 3 is 2.11 bits per heavy atom. The second-order valence-corrected chi connectivity index (χ2v) is 4.32. The Balaban J connectivity index is 2.91. The van der Waals surface area contributed by atoms with Gasteiger partial charge in [-0.15, -0.1) is 0 Å². The predicted molar refractivity (Wildman–Crippen MR) is 67.1 cm³/mol. The first kappa shape index (κ1) is 14.0. The average Bonchev–Trinajstić information content (AvgIpc) is 2.26. The SMILES string of the molecule is Cc1cc(C(=O)O)cc(C)c1OCC(=O)N(C)C. The number of carbonyl (C=O) groups excluding carboxylic acids is 1. The maximum absolute atomic E-state index is 11.4. The zero-order valence-corrected chi connectivity index (χ0v) is 11.0. The average molecular weight is 251 g/mol. The van der Waals surface area contributed by atoms with Crippen LogP contribution in [0.5, 0.6) is 5.75 Å². The number of amides is 1. The molecule has 1 aromatic rings. The number of carboxylic acid groups (broad SMARTS) is 1. The van der Waals surface area contributed by atoms with Crippen molar-refractivity contribution < 1.29 is 19.4 Å². The molecule has 0 radical (unpaired) electrons. The van der Waals surface area contributed by atoms with Gasteiger partial charge in [0.05, 0.1) is 5.56 Å². The van der Waals surface area contributed by atoms with E-state index >= 15 is 0 Å². The van der Waals surface area contributed by atoms with Crippen LogP contribution in [0.25, 0.3) is 0 Å². The van der Waals surface area contributed by atoms with E-state index in [0.29, 0.717) is 16.9 Å². The smallest absolute Gasteiger partial charge is 0.335 e. The molecular formula is C13H17NO4. The van der Waals surface area contributed by atoms with Crippen molar-refractivity contribution in [1.82, 2.24) is 4.90 Å². The van der Waals surface area contributed by atoms with Gasteiger partial charge >= 0.3 is 5.97 Å². The van der Waals surface area contributed by atoms with Crippen molar-refractivity contribution in [2.24, 2.45) is 0 Å². The van der Waals surface area contributed by atoms with Crippen LogP contribution < -0.4 is 4.74 Å². The molecular weight excluding hydrogens is 234 g/mol. The van der Waals surface area contributed by atoms with E-state index in [1.165, 1.54) is 17.0 Å². The second kappa shape index (κ2) is 5.53. The van der Waals surface area contributed by atoms with Crippen LogP contribution in [0, 0.1) is 13.8 Å². The van der Waals surface area contributed by atoms with Crippen molar-refractivity contribution in [1.29, 1.82) is 0 Å². The lowest BCUT2D eigenvalue weighted by molar-refractivity contribution is -0.130. The fourth-order valence-corrected chi connectivity index (χ4v) is 1.56. The number of benzene rings is 1. The van der Waals surface area contributed by atoms with E-state index in [1.807, 2.05) is 0 Å². The van der Waals surface area contributed by atoms with Gasteiger partial charge in [-0.2, -0.15) is 0 Å². The molecule has 0 spiro atoms. The van der Waals surface area contributed by atoms with Gasteiger partial charge in [0.15, 0.2) is 6.61 Å². The van der Waals surface area contributed by atoms with E-state index in [1.54, 1.807) is 27.9 Å². The van der Waals surface area contributed by atoms with Gasteiger partial charge in [0.2, 0.25) is 0 Å². The zero-order chi connectivity index (χ0) is 13.9. The number of nitrogens with zero attached hydrogens (tertiary/aromatic N) is 1. The van der Waals surface area contributed by atoms with Gasteiger partial charge in [0, 0.05) is 14.1 Å². The van der Waals surface area contributed by atoms with Crippen molar-refractivity contribution in [3.05, 3.63) is 28.8 Å². The summed E-state index contributed by atoms with van der Waals surface area (Å²) >= 11 is 0. The zero-order valence-electron chi connectivity index (χ0n) is 11.0. The molecule has 0 saturated carbocycles.